The van der Waals surface area contributed by atoms with E-state index in [-0.39, 0.29) is 6.10 Å². The number of nitrogens with zero attached hydrogens (tertiary/aromatic N) is 5. The van der Waals surface area contributed by atoms with Gasteiger partial charge in [-0.1, -0.05) is 6.07 Å². The molecule has 8 nitrogen and oxygen atoms in total. The number of aromatic nitrogens is 6. The quantitative estimate of drug-likeness (QED) is 0.702. The van der Waals surface area contributed by atoms with Gasteiger partial charge in [-0.3, -0.25) is 14.8 Å². The number of hydrogen-bond donors (Lipinski definition) is 2. The highest BCUT2D eigenvalue weighted by molar-refractivity contribution is 5.47. The molecule has 4 rings (SSSR count). The van der Waals surface area contributed by atoms with Crippen LogP contribution in [-0.4, -0.2) is 43.1 Å². The van der Waals surface area contributed by atoms with Gasteiger partial charge in [0.2, 0.25) is 0 Å². The van der Waals surface area contributed by atoms with E-state index in [2.05, 4.69) is 30.6 Å². The normalized spacial score (nSPS) is 20.3. The van der Waals surface area contributed by atoms with Gasteiger partial charge in [0, 0.05) is 38.5 Å². The number of hydrogen-bond acceptors (Lipinski definition) is 6. The van der Waals surface area contributed by atoms with Gasteiger partial charge < -0.3 is 10.1 Å². The summed E-state index contributed by atoms with van der Waals surface area (Å²) < 4.78 is 7.94. The van der Waals surface area contributed by atoms with E-state index in [0.717, 1.165) is 43.2 Å². The number of rotatable bonds is 6. The molecule has 0 spiro atoms. The smallest absolute Gasteiger partial charge is 0.199 e. The third-order valence-corrected chi connectivity index (χ3v) is 4.72. The van der Waals surface area contributed by atoms with Gasteiger partial charge in [-0.2, -0.15) is 10.2 Å². The number of H-pyrrole nitrogens is 1. The summed E-state index contributed by atoms with van der Waals surface area (Å²) in [6.45, 7) is 2.30. The van der Waals surface area contributed by atoms with Crippen LogP contribution in [0.5, 0.6) is 0 Å². The average molecular weight is 353 g/mol. The van der Waals surface area contributed by atoms with E-state index in [0.29, 0.717) is 18.3 Å². The highest BCUT2D eigenvalue weighted by atomic mass is 16.5. The summed E-state index contributed by atoms with van der Waals surface area (Å²) in [5, 5.41) is 15.0. The molecule has 3 aromatic rings. The summed E-state index contributed by atoms with van der Waals surface area (Å²) in [5.41, 5.74) is 1.90. The first kappa shape index (κ1) is 16.9. The zero-order chi connectivity index (χ0) is 17.8. The number of aromatic amines is 1. The molecule has 0 aliphatic carbocycles. The van der Waals surface area contributed by atoms with E-state index >= 15 is 0 Å². The lowest BCUT2D eigenvalue weighted by molar-refractivity contribution is -0.0323. The van der Waals surface area contributed by atoms with Gasteiger partial charge in [0.25, 0.3) is 0 Å². The van der Waals surface area contributed by atoms with Crippen LogP contribution in [0.15, 0.2) is 36.7 Å². The molecule has 1 saturated heterocycles. The summed E-state index contributed by atoms with van der Waals surface area (Å²) in [5.74, 6) is 1.84. The van der Waals surface area contributed by atoms with Gasteiger partial charge in [-0.15, -0.1) is 0 Å². The third kappa shape index (κ3) is 3.66. The number of pyridine rings is 1. The van der Waals surface area contributed by atoms with E-state index in [1.807, 2.05) is 42.2 Å². The van der Waals surface area contributed by atoms with E-state index in [9.17, 15) is 0 Å². The third-order valence-electron chi connectivity index (χ3n) is 4.72. The fourth-order valence-electron chi connectivity index (χ4n) is 3.40. The van der Waals surface area contributed by atoms with Crippen LogP contribution in [0, 0.1) is 5.92 Å². The molecule has 0 unspecified atom stereocenters. The van der Waals surface area contributed by atoms with Crippen molar-refractivity contribution in [3.05, 3.63) is 48.2 Å². The Morgan fingerprint density at radius 2 is 2.27 bits per heavy atom. The Balaban J connectivity index is 1.35. The lowest BCUT2D eigenvalue weighted by Gasteiger charge is -2.32. The summed E-state index contributed by atoms with van der Waals surface area (Å²) in [7, 11) is 1.96. The molecule has 8 heteroatoms. The lowest BCUT2D eigenvalue weighted by atomic mass is 9.92. The molecule has 1 fully saturated rings. The van der Waals surface area contributed by atoms with E-state index in [4.69, 9.17) is 4.74 Å². The second-order valence-corrected chi connectivity index (χ2v) is 6.52. The molecule has 0 amide bonds. The minimum absolute atomic E-state index is 0.0857. The Kier molecular flexibility index (Phi) is 5.03. The molecule has 0 saturated carbocycles. The largest absolute Gasteiger partial charge is 0.372 e. The molecule has 0 radical (unpaired) electrons. The second kappa shape index (κ2) is 7.76. The second-order valence-electron chi connectivity index (χ2n) is 6.52. The molecule has 26 heavy (non-hydrogen) atoms. The van der Waals surface area contributed by atoms with Crippen molar-refractivity contribution in [2.75, 3.05) is 13.2 Å². The fraction of sp³-hybridized carbons (Fsp3) is 0.444. The first-order valence-corrected chi connectivity index (χ1v) is 8.94. The summed E-state index contributed by atoms with van der Waals surface area (Å²) in [6.07, 6.45) is 5.88. The number of ether oxygens (including phenoxy) is 1. The molecule has 4 heterocycles. The van der Waals surface area contributed by atoms with Crippen molar-refractivity contribution in [3.63, 3.8) is 0 Å². The summed E-state index contributed by atoms with van der Waals surface area (Å²) >= 11 is 0. The van der Waals surface area contributed by atoms with Gasteiger partial charge in [-0.05, 0) is 31.0 Å². The monoisotopic (exact) mass is 353 g/mol. The highest BCUT2D eigenvalue weighted by Crippen LogP contribution is 2.32. The van der Waals surface area contributed by atoms with E-state index in [1.165, 1.54) is 0 Å². The fourth-order valence-corrected chi connectivity index (χ4v) is 3.40. The summed E-state index contributed by atoms with van der Waals surface area (Å²) in [6, 6.07) is 7.75. The molecular formula is C18H23N7O. The maximum absolute atomic E-state index is 6.04. The Labute approximate surface area is 152 Å². The molecule has 0 aromatic carbocycles. The van der Waals surface area contributed by atoms with Crippen LogP contribution in [0.3, 0.4) is 0 Å². The van der Waals surface area contributed by atoms with Crippen molar-refractivity contribution >= 4 is 0 Å². The SMILES string of the molecule is Cn1nccc1[C@@H]1OCCC[C@H]1CNCc1nc(-c2ccccn2)n[nH]1. The Morgan fingerprint density at radius 3 is 3.08 bits per heavy atom. The van der Waals surface area contributed by atoms with Crippen LogP contribution in [0.2, 0.25) is 0 Å². The maximum atomic E-state index is 6.04. The minimum Gasteiger partial charge on any atom is -0.372 e. The Hall–Kier alpha value is -2.58. The molecule has 3 aromatic heterocycles. The van der Waals surface area contributed by atoms with Crippen LogP contribution in [0.4, 0.5) is 0 Å². The zero-order valence-corrected chi connectivity index (χ0v) is 14.8. The van der Waals surface area contributed by atoms with Crippen LogP contribution in [0.25, 0.3) is 11.5 Å². The maximum Gasteiger partial charge on any atom is 0.199 e. The predicted octanol–water partition coefficient (Wildman–Crippen LogP) is 1.86. The van der Waals surface area contributed by atoms with Gasteiger partial charge in [0.15, 0.2) is 5.82 Å². The summed E-state index contributed by atoms with van der Waals surface area (Å²) in [4.78, 5) is 8.78. The highest BCUT2D eigenvalue weighted by Gasteiger charge is 2.29. The van der Waals surface area contributed by atoms with Crippen molar-refractivity contribution < 1.29 is 4.74 Å². The van der Waals surface area contributed by atoms with Crippen molar-refractivity contribution in [1.29, 1.82) is 0 Å². The van der Waals surface area contributed by atoms with Crippen LogP contribution < -0.4 is 5.32 Å². The van der Waals surface area contributed by atoms with Gasteiger partial charge in [0.1, 0.15) is 17.6 Å². The molecule has 1 aliphatic rings. The molecule has 2 atom stereocenters. The number of aryl methyl sites for hydroxylation is 1. The number of nitrogens with one attached hydrogen (secondary N) is 2. The molecule has 1 aliphatic heterocycles. The first-order valence-electron chi connectivity index (χ1n) is 8.94. The van der Waals surface area contributed by atoms with Gasteiger partial charge >= 0.3 is 0 Å². The van der Waals surface area contributed by atoms with E-state index < -0.39 is 0 Å². The zero-order valence-electron chi connectivity index (χ0n) is 14.8. The van der Waals surface area contributed by atoms with Crippen LogP contribution >= 0.6 is 0 Å². The van der Waals surface area contributed by atoms with Crippen LogP contribution in [-0.2, 0) is 18.3 Å². The predicted molar refractivity (Wildman–Crippen MR) is 95.9 cm³/mol. The molecule has 2 N–H and O–H groups in total. The minimum atomic E-state index is 0.0857. The Bertz CT molecular complexity index is 829. The van der Waals surface area contributed by atoms with Crippen molar-refractivity contribution in [3.8, 4) is 11.5 Å². The standard InChI is InChI=1S/C18H23N7O/c1-25-15(7-9-21-25)17-13(5-4-10-26-17)11-19-12-16-22-18(24-23-16)14-6-2-3-8-20-14/h2-3,6-9,13,17,19H,4-5,10-12H2,1H3,(H,22,23,24)/t13-,17+/m0/s1. The topological polar surface area (TPSA) is 93.5 Å². The van der Waals surface area contributed by atoms with Crippen molar-refractivity contribution in [2.24, 2.45) is 13.0 Å². The van der Waals surface area contributed by atoms with Gasteiger partial charge in [-0.25, -0.2) is 4.98 Å². The van der Waals surface area contributed by atoms with Crippen LogP contribution in [0.1, 0.15) is 30.5 Å². The van der Waals surface area contributed by atoms with E-state index in [1.54, 1.807) is 6.20 Å². The van der Waals surface area contributed by atoms with Crippen molar-refractivity contribution in [1.82, 2.24) is 35.3 Å². The average Bonchev–Trinajstić information content (AvgIpc) is 3.32. The first-order chi connectivity index (χ1) is 12.8. The Morgan fingerprint density at radius 1 is 1.31 bits per heavy atom. The van der Waals surface area contributed by atoms with Crippen molar-refractivity contribution in [2.45, 2.75) is 25.5 Å². The molecule has 0 bridgehead atoms. The lowest BCUT2D eigenvalue weighted by Crippen LogP contribution is -2.32. The molecular weight excluding hydrogens is 330 g/mol. The molecule has 136 valence electrons. The van der Waals surface area contributed by atoms with Gasteiger partial charge in [0.05, 0.1) is 12.2 Å².